The van der Waals surface area contributed by atoms with Crippen molar-refractivity contribution < 1.29 is 13.9 Å². The van der Waals surface area contributed by atoms with Gasteiger partial charge in [-0.05, 0) is 37.9 Å². The topological polar surface area (TPSA) is 27.7 Å². The molecule has 1 unspecified atom stereocenters. The first-order valence-electron chi connectivity index (χ1n) is 7.53. The predicted octanol–water partition coefficient (Wildman–Crippen LogP) is 4.18. The highest BCUT2D eigenvalue weighted by molar-refractivity contribution is 6.74. The van der Waals surface area contributed by atoms with E-state index >= 15 is 0 Å². The third-order valence-electron chi connectivity index (χ3n) is 4.54. The summed E-state index contributed by atoms with van der Waals surface area (Å²) in [6.07, 6.45) is 1.23. The zero-order valence-electron chi connectivity index (χ0n) is 13.9. The molecule has 0 N–H and O–H groups in total. The molecular weight excluding hydrogens is 256 g/mol. The van der Waals surface area contributed by atoms with E-state index in [0.29, 0.717) is 12.5 Å². The second-order valence-electron chi connectivity index (χ2n) is 7.28. The zero-order chi connectivity index (χ0) is 14.8. The molecule has 0 aromatic heterocycles. The van der Waals surface area contributed by atoms with Crippen LogP contribution in [0, 0.1) is 5.92 Å². The highest BCUT2D eigenvalue weighted by Gasteiger charge is 2.43. The summed E-state index contributed by atoms with van der Waals surface area (Å²) in [6.45, 7) is 18.5. The maximum atomic E-state index is 6.44. The number of hydrogen-bond acceptors (Lipinski definition) is 3. The van der Waals surface area contributed by atoms with E-state index in [1.165, 1.54) is 0 Å². The van der Waals surface area contributed by atoms with E-state index in [1.807, 2.05) is 6.92 Å². The molecule has 0 aromatic rings. The van der Waals surface area contributed by atoms with E-state index in [2.05, 4.69) is 47.7 Å². The Hall–Kier alpha value is 0.0969. The molecule has 3 nitrogen and oxygen atoms in total. The van der Waals surface area contributed by atoms with Crippen LogP contribution >= 0.6 is 0 Å². The molecule has 4 heteroatoms. The van der Waals surface area contributed by atoms with Crippen molar-refractivity contribution in [2.24, 2.45) is 5.92 Å². The molecular formula is C15H32O3Si. The second kappa shape index (κ2) is 6.25. The van der Waals surface area contributed by atoms with Crippen LogP contribution in [0.25, 0.3) is 0 Å². The van der Waals surface area contributed by atoms with Crippen LogP contribution in [-0.2, 0) is 13.9 Å². The molecule has 1 rings (SSSR count). The number of ether oxygens (including phenoxy) is 2. The van der Waals surface area contributed by atoms with Gasteiger partial charge in [-0.1, -0.05) is 27.7 Å². The maximum absolute atomic E-state index is 6.44. The Labute approximate surface area is 120 Å². The Balaban J connectivity index is 2.61. The van der Waals surface area contributed by atoms with Crippen molar-refractivity contribution in [2.45, 2.75) is 84.6 Å². The fourth-order valence-electron chi connectivity index (χ4n) is 2.38. The molecule has 1 aliphatic rings. The minimum absolute atomic E-state index is 0.0459. The summed E-state index contributed by atoms with van der Waals surface area (Å²) in [7, 11) is -1.73. The second-order valence-corrected chi connectivity index (χ2v) is 12.0. The molecule has 19 heavy (non-hydrogen) atoms. The molecule has 0 aromatic carbocycles. The molecule has 4 atom stereocenters. The minimum Gasteiger partial charge on any atom is -0.412 e. The van der Waals surface area contributed by atoms with Crippen LogP contribution in [0.2, 0.25) is 18.1 Å². The average molecular weight is 289 g/mol. The summed E-state index contributed by atoms with van der Waals surface area (Å²) in [5, 5.41) is 0.239. The standard InChI is InChI=1S/C15H32O3Si/c1-9-16-13-10-11(2)14(17-13)12(3)18-19(7,8)15(4,5)6/h11-14H,9-10H2,1-8H3/t11-,12+,13?,14-/m1/s1. The summed E-state index contributed by atoms with van der Waals surface area (Å²) < 4.78 is 18.0. The fourth-order valence-corrected chi connectivity index (χ4v) is 3.79. The van der Waals surface area contributed by atoms with E-state index < -0.39 is 8.32 Å². The van der Waals surface area contributed by atoms with Crippen LogP contribution in [-0.4, -0.2) is 33.4 Å². The fraction of sp³-hybridized carbons (Fsp3) is 1.00. The van der Waals surface area contributed by atoms with Crippen LogP contribution in [0.15, 0.2) is 0 Å². The highest BCUT2D eigenvalue weighted by atomic mass is 28.4. The van der Waals surface area contributed by atoms with Gasteiger partial charge < -0.3 is 13.9 Å². The third-order valence-corrected chi connectivity index (χ3v) is 9.11. The average Bonchev–Trinajstić information content (AvgIpc) is 2.57. The normalized spacial score (nSPS) is 30.6. The van der Waals surface area contributed by atoms with Gasteiger partial charge in [-0.3, -0.25) is 0 Å². The summed E-state index contributed by atoms with van der Waals surface area (Å²) in [5.74, 6) is 0.497. The Kier molecular flexibility index (Phi) is 5.64. The van der Waals surface area contributed by atoms with Gasteiger partial charge in [0.1, 0.15) is 0 Å². The molecule has 0 amide bonds. The smallest absolute Gasteiger partial charge is 0.192 e. The highest BCUT2D eigenvalue weighted by Crippen LogP contribution is 2.39. The first-order valence-corrected chi connectivity index (χ1v) is 10.4. The van der Waals surface area contributed by atoms with Gasteiger partial charge in [0.2, 0.25) is 0 Å². The molecule has 1 fully saturated rings. The first kappa shape index (κ1) is 17.1. The Morgan fingerprint density at radius 1 is 1.32 bits per heavy atom. The molecule has 0 spiro atoms. The Bertz CT molecular complexity index is 286. The van der Waals surface area contributed by atoms with Gasteiger partial charge in [0.15, 0.2) is 14.6 Å². The summed E-state index contributed by atoms with van der Waals surface area (Å²) >= 11 is 0. The zero-order valence-corrected chi connectivity index (χ0v) is 14.9. The van der Waals surface area contributed by atoms with Crippen molar-refractivity contribution >= 4 is 8.32 Å². The van der Waals surface area contributed by atoms with Crippen LogP contribution in [0.5, 0.6) is 0 Å². The molecule has 0 bridgehead atoms. The summed E-state index contributed by atoms with van der Waals surface area (Å²) in [4.78, 5) is 0. The Morgan fingerprint density at radius 3 is 2.37 bits per heavy atom. The van der Waals surface area contributed by atoms with Crippen molar-refractivity contribution in [1.29, 1.82) is 0 Å². The van der Waals surface area contributed by atoms with Gasteiger partial charge in [0.25, 0.3) is 0 Å². The van der Waals surface area contributed by atoms with Gasteiger partial charge in [0, 0.05) is 13.0 Å². The molecule has 0 radical (unpaired) electrons. The van der Waals surface area contributed by atoms with E-state index in [1.54, 1.807) is 0 Å². The van der Waals surface area contributed by atoms with Crippen LogP contribution in [0.1, 0.15) is 48.0 Å². The van der Waals surface area contributed by atoms with Crippen LogP contribution in [0.3, 0.4) is 0 Å². The van der Waals surface area contributed by atoms with Crippen LogP contribution < -0.4 is 0 Å². The maximum Gasteiger partial charge on any atom is 0.192 e. The van der Waals surface area contributed by atoms with Gasteiger partial charge >= 0.3 is 0 Å². The number of rotatable bonds is 5. The largest absolute Gasteiger partial charge is 0.412 e. The van der Waals surface area contributed by atoms with Crippen molar-refractivity contribution in [1.82, 2.24) is 0 Å². The SMILES string of the molecule is CCOC1C[C@@H](C)[C@H]([C@H](C)O[Si](C)(C)C(C)(C)C)O1. The van der Waals surface area contributed by atoms with Gasteiger partial charge in [0.05, 0.1) is 12.2 Å². The molecule has 1 aliphatic heterocycles. The lowest BCUT2D eigenvalue weighted by Crippen LogP contribution is -2.47. The van der Waals surface area contributed by atoms with Crippen molar-refractivity contribution in [2.75, 3.05) is 6.61 Å². The lowest BCUT2D eigenvalue weighted by Gasteiger charge is -2.40. The summed E-state index contributed by atoms with van der Waals surface area (Å²) in [6, 6.07) is 0. The van der Waals surface area contributed by atoms with E-state index in [0.717, 1.165) is 6.42 Å². The quantitative estimate of drug-likeness (QED) is 0.710. The van der Waals surface area contributed by atoms with Crippen molar-refractivity contribution in [3.05, 3.63) is 0 Å². The molecule has 114 valence electrons. The van der Waals surface area contributed by atoms with E-state index in [4.69, 9.17) is 13.9 Å². The lowest BCUT2D eigenvalue weighted by molar-refractivity contribution is -0.148. The minimum atomic E-state index is -1.73. The Morgan fingerprint density at radius 2 is 1.89 bits per heavy atom. The van der Waals surface area contributed by atoms with Crippen molar-refractivity contribution in [3.8, 4) is 0 Å². The number of hydrogen-bond donors (Lipinski definition) is 0. The van der Waals surface area contributed by atoms with Gasteiger partial charge in [-0.15, -0.1) is 0 Å². The van der Waals surface area contributed by atoms with Gasteiger partial charge in [-0.25, -0.2) is 0 Å². The predicted molar refractivity (Wildman–Crippen MR) is 81.8 cm³/mol. The molecule has 0 aliphatic carbocycles. The van der Waals surface area contributed by atoms with Gasteiger partial charge in [-0.2, -0.15) is 0 Å². The van der Waals surface area contributed by atoms with E-state index in [-0.39, 0.29) is 23.5 Å². The molecule has 0 saturated carbocycles. The van der Waals surface area contributed by atoms with Crippen LogP contribution in [0.4, 0.5) is 0 Å². The van der Waals surface area contributed by atoms with E-state index in [9.17, 15) is 0 Å². The molecule has 1 saturated heterocycles. The molecule has 1 heterocycles. The first-order chi connectivity index (χ1) is 8.58. The monoisotopic (exact) mass is 288 g/mol. The van der Waals surface area contributed by atoms with Crippen molar-refractivity contribution in [3.63, 3.8) is 0 Å². The third kappa shape index (κ3) is 4.28. The summed E-state index contributed by atoms with van der Waals surface area (Å²) in [5.41, 5.74) is 0. The lowest BCUT2D eigenvalue weighted by atomic mass is 10.0.